The van der Waals surface area contributed by atoms with Gasteiger partial charge in [-0.3, -0.25) is 4.90 Å². The highest BCUT2D eigenvalue weighted by Crippen LogP contribution is 2.45. The molecule has 130 valence electrons. The number of rotatable bonds is 3. The van der Waals surface area contributed by atoms with E-state index < -0.39 is 0 Å². The molecule has 0 spiro atoms. The van der Waals surface area contributed by atoms with E-state index in [1.165, 1.54) is 70.6 Å². The Morgan fingerprint density at radius 2 is 1.52 bits per heavy atom. The highest BCUT2D eigenvalue weighted by Gasteiger charge is 2.41. The molecular formula is C21H35NO. The predicted octanol–water partition coefficient (Wildman–Crippen LogP) is 4.79. The number of hydrogen-bond donors (Lipinski definition) is 0. The van der Waals surface area contributed by atoms with Crippen molar-refractivity contribution in [3.63, 3.8) is 0 Å². The quantitative estimate of drug-likeness (QED) is 0.694. The van der Waals surface area contributed by atoms with Gasteiger partial charge < -0.3 is 4.74 Å². The first-order valence-corrected chi connectivity index (χ1v) is 10.4. The lowest BCUT2D eigenvalue weighted by Gasteiger charge is -2.39. The molecule has 2 unspecified atom stereocenters. The van der Waals surface area contributed by atoms with Crippen molar-refractivity contribution in [2.45, 2.75) is 76.7 Å². The van der Waals surface area contributed by atoms with Crippen molar-refractivity contribution in [2.24, 2.45) is 17.8 Å². The molecule has 4 rings (SSSR count). The number of nitrogens with zero attached hydrogens (tertiary/aromatic N) is 1. The van der Waals surface area contributed by atoms with Crippen LogP contribution in [0.1, 0.15) is 70.6 Å². The van der Waals surface area contributed by atoms with Gasteiger partial charge in [-0.1, -0.05) is 56.6 Å². The van der Waals surface area contributed by atoms with Crippen LogP contribution in [0.4, 0.5) is 0 Å². The maximum absolute atomic E-state index is 5.64. The average Bonchev–Trinajstić information content (AvgIpc) is 3.26. The first-order chi connectivity index (χ1) is 11.4. The van der Waals surface area contributed by atoms with Gasteiger partial charge in [0.15, 0.2) is 0 Å². The van der Waals surface area contributed by atoms with Crippen LogP contribution in [-0.4, -0.2) is 37.2 Å². The highest BCUT2D eigenvalue weighted by molar-refractivity contribution is 5.21. The van der Waals surface area contributed by atoms with Crippen LogP contribution in [0, 0.1) is 17.8 Å². The summed E-state index contributed by atoms with van der Waals surface area (Å²) in [4.78, 5) is 2.80. The summed E-state index contributed by atoms with van der Waals surface area (Å²) < 4.78 is 5.64. The Balaban J connectivity index is 1.52. The molecule has 23 heavy (non-hydrogen) atoms. The number of ether oxygens (including phenoxy) is 1. The molecule has 0 aromatic heterocycles. The van der Waals surface area contributed by atoms with Crippen LogP contribution in [0.25, 0.3) is 0 Å². The van der Waals surface area contributed by atoms with Crippen molar-refractivity contribution in [3.8, 4) is 0 Å². The number of hydrogen-bond acceptors (Lipinski definition) is 2. The smallest absolute Gasteiger partial charge is 0.0594 e. The molecule has 4 aliphatic rings. The number of morpholine rings is 1. The van der Waals surface area contributed by atoms with Gasteiger partial charge in [-0.2, -0.15) is 0 Å². The highest BCUT2D eigenvalue weighted by atomic mass is 16.5. The predicted molar refractivity (Wildman–Crippen MR) is 95.5 cm³/mol. The maximum Gasteiger partial charge on any atom is 0.0594 e. The zero-order valence-electron chi connectivity index (χ0n) is 14.8. The van der Waals surface area contributed by atoms with Crippen molar-refractivity contribution in [3.05, 3.63) is 11.6 Å². The molecule has 4 fully saturated rings. The van der Waals surface area contributed by atoms with Gasteiger partial charge in [0.2, 0.25) is 0 Å². The second kappa shape index (κ2) is 7.70. The zero-order valence-corrected chi connectivity index (χ0v) is 14.8. The van der Waals surface area contributed by atoms with E-state index in [0.29, 0.717) is 0 Å². The normalized spacial score (nSPS) is 37.0. The summed E-state index contributed by atoms with van der Waals surface area (Å²) in [5.41, 5.74) is 1.83. The molecule has 2 heteroatoms. The Bertz CT molecular complexity index is 400. The van der Waals surface area contributed by atoms with Gasteiger partial charge in [-0.15, -0.1) is 0 Å². The summed E-state index contributed by atoms with van der Waals surface area (Å²) in [7, 11) is 0. The topological polar surface area (TPSA) is 12.5 Å². The van der Waals surface area contributed by atoms with E-state index in [4.69, 9.17) is 4.74 Å². The van der Waals surface area contributed by atoms with E-state index in [1.807, 2.05) is 5.57 Å². The summed E-state index contributed by atoms with van der Waals surface area (Å²) in [6, 6.07) is 0.768. The van der Waals surface area contributed by atoms with Gasteiger partial charge in [-0.05, 0) is 43.4 Å². The zero-order chi connectivity index (χ0) is 15.5. The maximum atomic E-state index is 5.64. The molecule has 1 aliphatic heterocycles. The van der Waals surface area contributed by atoms with Crippen molar-refractivity contribution in [1.82, 2.24) is 4.90 Å². The molecule has 2 nitrogen and oxygen atoms in total. The molecule has 0 amide bonds. The fraction of sp³-hybridized carbons (Fsp3) is 0.905. The number of allylic oxidation sites excluding steroid dienone is 1. The molecule has 3 aliphatic carbocycles. The summed E-state index contributed by atoms with van der Waals surface area (Å²) in [5.74, 6) is 2.86. The summed E-state index contributed by atoms with van der Waals surface area (Å²) in [6.07, 6.45) is 18.9. The van der Waals surface area contributed by atoms with E-state index in [0.717, 1.165) is 50.1 Å². The molecule has 1 saturated heterocycles. The van der Waals surface area contributed by atoms with Gasteiger partial charge in [0.05, 0.1) is 13.2 Å². The third-order valence-electron chi connectivity index (χ3n) is 7.10. The third-order valence-corrected chi connectivity index (χ3v) is 7.10. The van der Waals surface area contributed by atoms with Gasteiger partial charge in [0.25, 0.3) is 0 Å². The van der Waals surface area contributed by atoms with Crippen molar-refractivity contribution in [2.75, 3.05) is 26.3 Å². The Hall–Kier alpha value is -0.340. The van der Waals surface area contributed by atoms with Gasteiger partial charge >= 0.3 is 0 Å². The van der Waals surface area contributed by atoms with Gasteiger partial charge in [0.1, 0.15) is 0 Å². The van der Waals surface area contributed by atoms with Crippen LogP contribution in [-0.2, 0) is 4.74 Å². The first-order valence-electron chi connectivity index (χ1n) is 10.4. The van der Waals surface area contributed by atoms with Gasteiger partial charge in [-0.25, -0.2) is 0 Å². The average molecular weight is 318 g/mol. The van der Waals surface area contributed by atoms with Crippen LogP contribution in [0.5, 0.6) is 0 Å². The Labute approximate surface area is 142 Å². The molecule has 1 heterocycles. The fourth-order valence-electron chi connectivity index (χ4n) is 5.94. The lowest BCUT2D eigenvalue weighted by Crippen LogP contribution is -2.47. The summed E-state index contributed by atoms with van der Waals surface area (Å²) in [6.45, 7) is 4.22. The van der Waals surface area contributed by atoms with Crippen molar-refractivity contribution < 1.29 is 4.74 Å². The Kier molecular flexibility index (Phi) is 5.40. The minimum Gasteiger partial charge on any atom is -0.379 e. The lowest BCUT2D eigenvalue weighted by molar-refractivity contribution is 0.00980. The first kappa shape index (κ1) is 16.1. The molecule has 0 bridgehead atoms. The molecule has 0 N–H and O–H groups in total. The van der Waals surface area contributed by atoms with Crippen LogP contribution >= 0.6 is 0 Å². The van der Waals surface area contributed by atoms with Crippen molar-refractivity contribution >= 4 is 0 Å². The fourth-order valence-corrected chi connectivity index (χ4v) is 5.94. The van der Waals surface area contributed by atoms with E-state index in [2.05, 4.69) is 11.0 Å². The van der Waals surface area contributed by atoms with E-state index >= 15 is 0 Å². The summed E-state index contributed by atoms with van der Waals surface area (Å²) >= 11 is 0. The second-order valence-electron chi connectivity index (χ2n) is 8.48. The minimum atomic E-state index is 0.768. The van der Waals surface area contributed by atoms with Crippen LogP contribution in [0.3, 0.4) is 0 Å². The molecule has 0 aromatic carbocycles. The molecule has 3 saturated carbocycles. The molecular weight excluding hydrogens is 282 g/mol. The second-order valence-corrected chi connectivity index (χ2v) is 8.48. The van der Waals surface area contributed by atoms with Gasteiger partial charge in [0, 0.05) is 19.1 Å². The standard InChI is InChI=1S/C21H35NO/c1-2-6-17(7-3-1)16-19-10-11-20(18-8-4-5-9-18)21(19)22-12-14-23-15-13-22/h16-18,20-21H,1-15H2/b19-16+. The SMILES string of the molecule is C(=C1/CCC(C2CCCC2)C1N1CCOCC1)/C1CCCCC1. The Morgan fingerprint density at radius 3 is 2.26 bits per heavy atom. The molecule has 0 radical (unpaired) electrons. The largest absolute Gasteiger partial charge is 0.379 e. The summed E-state index contributed by atoms with van der Waals surface area (Å²) in [5, 5.41) is 0. The molecule has 0 aromatic rings. The Morgan fingerprint density at radius 1 is 0.826 bits per heavy atom. The van der Waals surface area contributed by atoms with Crippen LogP contribution in [0.2, 0.25) is 0 Å². The minimum absolute atomic E-state index is 0.768. The van der Waals surface area contributed by atoms with Crippen LogP contribution < -0.4 is 0 Å². The van der Waals surface area contributed by atoms with E-state index in [-0.39, 0.29) is 0 Å². The third kappa shape index (κ3) is 3.69. The van der Waals surface area contributed by atoms with E-state index in [1.54, 1.807) is 0 Å². The monoisotopic (exact) mass is 317 g/mol. The van der Waals surface area contributed by atoms with E-state index in [9.17, 15) is 0 Å². The van der Waals surface area contributed by atoms with Crippen LogP contribution in [0.15, 0.2) is 11.6 Å². The molecule has 2 atom stereocenters. The van der Waals surface area contributed by atoms with Crippen molar-refractivity contribution in [1.29, 1.82) is 0 Å². The lowest BCUT2D eigenvalue weighted by atomic mass is 9.83.